The van der Waals surface area contributed by atoms with Crippen LogP contribution < -0.4 is 5.32 Å². The lowest BCUT2D eigenvalue weighted by Gasteiger charge is -2.06. The average Bonchev–Trinajstić information content (AvgIpc) is 2.29. The number of Topliss-reactive ketones (excluding diaryl/α,β-unsaturated/α-hetero) is 1. The quantitative estimate of drug-likeness (QED) is 0.457. The molecule has 3 heteroatoms. The summed E-state index contributed by atoms with van der Waals surface area (Å²) in [7, 11) is 1.91. The van der Waals surface area contributed by atoms with Crippen LogP contribution in [0.1, 0.15) is 37.0 Å². The molecule has 2 nitrogen and oxygen atoms in total. The molecule has 0 aliphatic heterocycles. The topological polar surface area (TPSA) is 29.1 Å². The molecule has 0 aromatic heterocycles. The summed E-state index contributed by atoms with van der Waals surface area (Å²) in [6.45, 7) is 5.23. The van der Waals surface area contributed by atoms with Crippen LogP contribution in [0.15, 0.2) is 29.2 Å². The molecule has 0 amide bonds. The van der Waals surface area contributed by atoms with E-state index in [1.165, 1.54) is 4.90 Å². The van der Waals surface area contributed by atoms with E-state index in [1.807, 2.05) is 43.1 Å². The second-order valence-corrected chi connectivity index (χ2v) is 5.97. The Morgan fingerprint density at radius 2 is 1.94 bits per heavy atom. The first-order valence-corrected chi connectivity index (χ1v) is 6.96. The second kappa shape index (κ2) is 7.51. The summed E-state index contributed by atoms with van der Waals surface area (Å²) in [5.74, 6) is 0.237. The maximum Gasteiger partial charge on any atom is 0.162 e. The molecule has 1 aromatic carbocycles. The Bertz CT molecular complexity index is 346. The molecule has 0 saturated carbocycles. The molecule has 0 heterocycles. The summed E-state index contributed by atoms with van der Waals surface area (Å²) < 4.78 is 0. The Labute approximate surface area is 108 Å². The Morgan fingerprint density at radius 3 is 2.47 bits per heavy atom. The van der Waals surface area contributed by atoms with Crippen molar-refractivity contribution < 1.29 is 4.79 Å². The van der Waals surface area contributed by atoms with E-state index < -0.39 is 0 Å². The number of carbonyl (C=O) groups is 1. The van der Waals surface area contributed by atoms with Gasteiger partial charge in [0.1, 0.15) is 0 Å². The third-order valence-corrected chi connectivity index (χ3v) is 3.39. The van der Waals surface area contributed by atoms with Gasteiger partial charge in [-0.05, 0) is 32.1 Å². The van der Waals surface area contributed by atoms with Crippen LogP contribution in [0.25, 0.3) is 0 Å². The lowest BCUT2D eigenvalue weighted by atomic mass is 10.1. The number of hydrogen-bond donors (Lipinski definition) is 1. The summed E-state index contributed by atoms with van der Waals surface area (Å²) in [5.41, 5.74) is 0.828. The monoisotopic (exact) mass is 251 g/mol. The van der Waals surface area contributed by atoms with Crippen LogP contribution in [0.2, 0.25) is 0 Å². The van der Waals surface area contributed by atoms with Crippen LogP contribution in [0, 0.1) is 0 Å². The summed E-state index contributed by atoms with van der Waals surface area (Å²) >= 11 is 1.82. The minimum Gasteiger partial charge on any atom is -0.320 e. The molecule has 0 aliphatic rings. The SMILES string of the molecule is CNCCCC(=O)c1ccc(SC(C)C)cc1. The van der Waals surface area contributed by atoms with Crippen molar-refractivity contribution in [3.05, 3.63) is 29.8 Å². The van der Waals surface area contributed by atoms with Crippen LogP contribution >= 0.6 is 11.8 Å². The number of carbonyl (C=O) groups excluding carboxylic acids is 1. The molecule has 0 unspecified atom stereocenters. The van der Waals surface area contributed by atoms with Gasteiger partial charge in [0.15, 0.2) is 5.78 Å². The third-order valence-electron chi connectivity index (χ3n) is 2.38. The molecule has 1 rings (SSSR count). The predicted molar refractivity (Wildman–Crippen MR) is 74.9 cm³/mol. The Morgan fingerprint density at radius 1 is 1.29 bits per heavy atom. The molecule has 17 heavy (non-hydrogen) atoms. The highest BCUT2D eigenvalue weighted by Crippen LogP contribution is 2.23. The number of rotatable bonds is 7. The van der Waals surface area contributed by atoms with Gasteiger partial charge in [-0.3, -0.25) is 4.79 Å². The maximum absolute atomic E-state index is 11.8. The third kappa shape index (κ3) is 5.37. The van der Waals surface area contributed by atoms with Crippen LogP contribution in [0.5, 0.6) is 0 Å². The molecule has 0 saturated heterocycles. The van der Waals surface area contributed by atoms with Gasteiger partial charge in [-0.2, -0.15) is 0 Å². The van der Waals surface area contributed by atoms with E-state index in [0.29, 0.717) is 11.7 Å². The lowest BCUT2D eigenvalue weighted by molar-refractivity contribution is 0.0980. The predicted octanol–water partition coefficient (Wildman–Crippen LogP) is 3.37. The maximum atomic E-state index is 11.8. The minimum atomic E-state index is 0.237. The molecule has 0 radical (unpaired) electrons. The first-order chi connectivity index (χ1) is 8.13. The Hall–Kier alpha value is -0.800. The van der Waals surface area contributed by atoms with Crippen molar-refractivity contribution in [1.29, 1.82) is 0 Å². The van der Waals surface area contributed by atoms with Gasteiger partial charge in [0.25, 0.3) is 0 Å². The molecule has 0 atom stereocenters. The minimum absolute atomic E-state index is 0.237. The van der Waals surface area contributed by atoms with E-state index in [9.17, 15) is 4.79 Å². The highest BCUT2D eigenvalue weighted by atomic mass is 32.2. The van der Waals surface area contributed by atoms with Gasteiger partial charge in [-0.25, -0.2) is 0 Å². The van der Waals surface area contributed by atoms with Crippen molar-refractivity contribution in [2.75, 3.05) is 13.6 Å². The van der Waals surface area contributed by atoms with Crippen molar-refractivity contribution in [3.8, 4) is 0 Å². The number of hydrogen-bond acceptors (Lipinski definition) is 3. The average molecular weight is 251 g/mol. The molecule has 0 fully saturated rings. The van der Waals surface area contributed by atoms with Gasteiger partial charge < -0.3 is 5.32 Å². The lowest BCUT2D eigenvalue weighted by Crippen LogP contribution is -2.10. The van der Waals surface area contributed by atoms with Gasteiger partial charge >= 0.3 is 0 Å². The summed E-state index contributed by atoms with van der Waals surface area (Å²) in [5, 5.41) is 3.63. The summed E-state index contributed by atoms with van der Waals surface area (Å²) in [6.07, 6.45) is 1.52. The van der Waals surface area contributed by atoms with Crippen molar-refractivity contribution in [2.45, 2.75) is 36.8 Å². The zero-order valence-electron chi connectivity index (χ0n) is 10.8. The smallest absolute Gasteiger partial charge is 0.162 e. The normalized spacial score (nSPS) is 10.8. The highest BCUT2D eigenvalue weighted by molar-refractivity contribution is 7.99. The highest BCUT2D eigenvalue weighted by Gasteiger charge is 2.05. The molecule has 1 N–H and O–H groups in total. The Balaban J connectivity index is 2.52. The molecule has 0 spiro atoms. The van der Waals surface area contributed by atoms with E-state index in [2.05, 4.69) is 19.2 Å². The fourth-order valence-corrected chi connectivity index (χ4v) is 2.40. The molecular formula is C14H21NOS. The van der Waals surface area contributed by atoms with Crippen LogP contribution in [-0.4, -0.2) is 24.6 Å². The van der Waals surface area contributed by atoms with E-state index in [-0.39, 0.29) is 5.78 Å². The van der Waals surface area contributed by atoms with Crippen LogP contribution in [0.3, 0.4) is 0 Å². The van der Waals surface area contributed by atoms with E-state index in [1.54, 1.807) is 0 Å². The molecular weight excluding hydrogens is 230 g/mol. The Kier molecular flexibility index (Phi) is 6.30. The summed E-state index contributed by atoms with van der Waals surface area (Å²) in [4.78, 5) is 13.0. The fourth-order valence-electron chi connectivity index (χ4n) is 1.56. The van der Waals surface area contributed by atoms with Crippen molar-refractivity contribution >= 4 is 17.5 Å². The molecule has 0 bridgehead atoms. The van der Waals surface area contributed by atoms with Crippen LogP contribution in [0.4, 0.5) is 0 Å². The number of benzene rings is 1. The molecule has 1 aromatic rings. The van der Waals surface area contributed by atoms with Crippen molar-refractivity contribution in [3.63, 3.8) is 0 Å². The van der Waals surface area contributed by atoms with Gasteiger partial charge in [0, 0.05) is 22.1 Å². The van der Waals surface area contributed by atoms with E-state index in [0.717, 1.165) is 18.5 Å². The first kappa shape index (κ1) is 14.3. The van der Waals surface area contributed by atoms with Gasteiger partial charge in [-0.15, -0.1) is 11.8 Å². The van der Waals surface area contributed by atoms with Crippen molar-refractivity contribution in [1.82, 2.24) is 5.32 Å². The van der Waals surface area contributed by atoms with Crippen LogP contribution in [-0.2, 0) is 0 Å². The summed E-state index contributed by atoms with van der Waals surface area (Å²) in [6, 6.07) is 7.95. The van der Waals surface area contributed by atoms with Gasteiger partial charge in [-0.1, -0.05) is 26.0 Å². The van der Waals surface area contributed by atoms with Gasteiger partial charge in [0.2, 0.25) is 0 Å². The number of nitrogens with one attached hydrogen (secondary N) is 1. The fraction of sp³-hybridized carbons (Fsp3) is 0.500. The van der Waals surface area contributed by atoms with Crippen molar-refractivity contribution in [2.24, 2.45) is 0 Å². The standard InChI is InChI=1S/C14H21NOS/c1-11(2)17-13-8-6-12(7-9-13)14(16)5-4-10-15-3/h6-9,11,15H,4-5,10H2,1-3H3. The number of ketones is 1. The zero-order valence-corrected chi connectivity index (χ0v) is 11.6. The zero-order chi connectivity index (χ0) is 12.7. The van der Waals surface area contributed by atoms with Gasteiger partial charge in [0.05, 0.1) is 0 Å². The molecule has 94 valence electrons. The largest absolute Gasteiger partial charge is 0.320 e. The van der Waals surface area contributed by atoms with E-state index >= 15 is 0 Å². The van der Waals surface area contributed by atoms with E-state index in [4.69, 9.17) is 0 Å². The second-order valence-electron chi connectivity index (χ2n) is 4.32. The molecule has 0 aliphatic carbocycles. The first-order valence-electron chi connectivity index (χ1n) is 6.08. The number of thioether (sulfide) groups is 1.